The van der Waals surface area contributed by atoms with Crippen molar-refractivity contribution in [3.8, 4) is 0 Å². The molecular formula is C17H23ClN2OS. The number of carbonyl (C=O) groups excluding carboxylic acids is 1. The highest BCUT2D eigenvalue weighted by molar-refractivity contribution is 7.98. The Morgan fingerprint density at radius 2 is 1.86 bits per heavy atom. The molecule has 2 saturated heterocycles. The molecule has 1 amide bonds. The number of likely N-dealkylation sites (tertiary alicyclic amines) is 1. The van der Waals surface area contributed by atoms with E-state index in [1.165, 1.54) is 5.75 Å². The SMILES string of the molecule is CSCCN1CCC2(CC1)CCN(c1ccccc1Cl)C2=O. The van der Waals surface area contributed by atoms with Crippen molar-refractivity contribution < 1.29 is 4.79 Å². The number of carbonyl (C=O) groups is 1. The second-order valence-corrected chi connectivity index (χ2v) is 7.67. The topological polar surface area (TPSA) is 23.6 Å². The molecule has 1 aromatic carbocycles. The van der Waals surface area contributed by atoms with Crippen LogP contribution in [0.5, 0.6) is 0 Å². The number of anilines is 1. The first kappa shape index (κ1) is 16.2. The maximum absolute atomic E-state index is 13.0. The van der Waals surface area contributed by atoms with Crippen molar-refractivity contribution in [2.45, 2.75) is 19.3 Å². The van der Waals surface area contributed by atoms with Gasteiger partial charge in [-0.15, -0.1) is 0 Å². The van der Waals surface area contributed by atoms with Crippen molar-refractivity contribution >= 4 is 35.0 Å². The highest BCUT2D eigenvalue weighted by Crippen LogP contribution is 2.44. The third kappa shape index (κ3) is 3.01. The molecule has 1 spiro atoms. The van der Waals surface area contributed by atoms with E-state index in [1.807, 2.05) is 40.9 Å². The molecule has 0 radical (unpaired) electrons. The molecule has 22 heavy (non-hydrogen) atoms. The second-order valence-electron chi connectivity index (χ2n) is 6.27. The lowest BCUT2D eigenvalue weighted by molar-refractivity contribution is -0.127. The zero-order valence-electron chi connectivity index (χ0n) is 13.1. The van der Waals surface area contributed by atoms with E-state index in [-0.39, 0.29) is 11.3 Å². The van der Waals surface area contributed by atoms with Gasteiger partial charge in [0.15, 0.2) is 0 Å². The molecule has 0 aromatic heterocycles. The number of benzene rings is 1. The van der Waals surface area contributed by atoms with Gasteiger partial charge in [0.05, 0.1) is 16.1 Å². The van der Waals surface area contributed by atoms with Crippen LogP contribution >= 0.6 is 23.4 Å². The molecule has 0 N–H and O–H groups in total. The molecule has 1 aromatic rings. The quantitative estimate of drug-likeness (QED) is 0.839. The summed E-state index contributed by atoms with van der Waals surface area (Å²) in [6, 6.07) is 7.67. The van der Waals surface area contributed by atoms with Crippen molar-refractivity contribution in [1.82, 2.24) is 4.90 Å². The lowest BCUT2D eigenvalue weighted by atomic mass is 9.77. The third-order valence-electron chi connectivity index (χ3n) is 5.08. The van der Waals surface area contributed by atoms with Gasteiger partial charge in [0.2, 0.25) is 5.91 Å². The summed E-state index contributed by atoms with van der Waals surface area (Å²) in [6.07, 6.45) is 5.09. The summed E-state index contributed by atoms with van der Waals surface area (Å²) in [6.45, 7) is 4.03. The second kappa shape index (κ2) is 6.81. The zero-order valence-corrected chi connectivity index (χ0v) is 14.6. The molecule has 3 nitrogen and oxygen atoms in total. The molecule has 5 heteroatoms. The lowest BCUT2D eigenvalue weighted by Crippen LogP contribution is -2.45. The molecule has 0 saturated carbocycles. The van der Waals surface area contributed by atoms with Gasteiger partial charge in [0.25, 0.3) is 0 Å². The number of hydrogen-bond donors (Lipinski definition) is 0. The predicted molar refractivity (Wildman–Crippen MR) is 94.9 cm³/mol. The number of nitrogens with zero attached hydrogens (tertiary/aromatic N) is 2. The average molecular weight is 339 g/mol. The van der Waals surface area contributed by atoms with Crippen molar-refractivity contribution in [3.63, 3.8) is 0 Å². The molecule has 2 aliphatic heterocycles. The zero-order chi connectivity index (χ0) is 15.6. The van der Waals surface area contributed by atoms with Crippen LogP contribution in [0.3, 0.4) is 0 Å². The van der Waals surface area contributed by atoms with E-state index in [4.69, 9.17) is 11.6 Å². The Hall–Kier alpha value is -0.710. The van der Waals surface area contributed by atoms with Crippen LogP contribution in [0, 0.1) is 5.41 Å². The molecule has 2 fully saturated rings. The fraction of sp³-hybridized carbons (Fsp3) is 0.588. The summed E-state index contributed by atoms with van der Waals surface area (Å²) in [5.74, 6) is 1.46. The minimum atomic E-state index is -0.144. The van der Waals surface area contributed by atoms with E-state index >= 15 is 0 Å². The normalized spacial score (nSPS) is 21.7. The van der Waals surface area contributed by atoms with Gasteiger partial charge in [0.1, 0.15) is 0 Å². The van der Waals surface area contributed by atoms with E-state index in [0.29, 0.717) is 5.02 Å². The summed E-state index contributed by atoms with van der Waals surface area (Å²) in [4.78, 5) is 17.4. The van der Waals surface area contributed by atoms with Gasteiger partial charge in [-0.3, -0.25) is 4.79 Å². The molecule has 0 aliphatic carbocycles. The summed E-state index contributed by atoms with van der Waals surface area (Å²) >= 11 is 8.16. The van der Waals surface area contributed by atoms with E-state index in [2.05, 4.69) is 11.2 Å². The van der Waals surface area contributed by atoms with Crippen LogP contribution in [0.25, 0.3) is 0 Å². The van der Waals surface area contributed by atoms with Gasteiger partial charge in [-0.2, -0.15) is 11.8 Å². The van der Waals surface area contributed by atoms with Crippen LogP contribution in [0.4, 0.5) is 5.69 Å². The minimum Gasteiger partial charge on any atom is -0.310 e. The standard InChI is InChI=1S/C17H23ClN2OS/c1-22-13-12-19-9-6-17(7-10-19)8-11-20(16(17)21)15-5-3-2-4-14(15)18/h2-5H,6-13H2,1H3. The Morgan fingerprint density at radius 1 is 1.18 bits per heavy atom. The van der Waals surface area contributed by atoms with Gasteiger partial charge < -0.3 is 9.80 Å². The Morgan fingerprint density at radius 3 is 2.55 bits per heavy atom. The number of piperidine rings is 1. The smallest absolute Gasteiger partial charge is 0.233 e. The third-order valence-corrected chi connectivity index (χ3v) is 5.99. The monoisotopic (exact) mass is 338 g/mol. The summed E-state index contributed by atoms with van der Waals surface area (Å²) in [5, 5.41) is 0.672. The van der Waals surface area contributed by atoms with Gasteiger partial charge in [-0.1, -0.05) is 23.7 Å². The summed E-state index contributed by atoms with van der Waals surface area (Å²) in [5.41, 5.74) is 0.727. The number of rotatable bonds is 4. The van der Waals surface area contributed by atoms with Gasteiger partial charge >= 0.3 is 0 Å². The van der Waals surface area contributed by atoms with Gasteiger partial charge in [-0.25, -0.2) is 0 Å². The molecule has 120 valence electrons. The fourth-order valence-corrected chi connectivity index (χ4v) is 4.29. The Balaban J connectivity index is 1.68. The predicted octanol–water partition coefficient (Wildman–Crippen LogP) is 3.52. The molecule has 2 heterocycles. The van der Waals surface area contributed by atoms with Crippen LogP contribution in [-0.4, -0.2) is 49.0 Å². The average Bonchev–Trinajstić information content (AvgIpc) is 2.85. The largest absolute Gasteiger partial charge is 0.310 e. The van der Waals surface area contributed by atoms with Gasteiger partial charge in [-0.05, 0) is 50.7 Å². The molecular weight excluding hydrogens is 316 g/mol. The number of amides is 1. The van der Waals surface area contributed by atoms with Crippen LogP contribution in [0.2, 0.25) is 5.02 Å². The van der Waals surface area contributed by atoms with E-state index in [1.54, 1.807) is 0 Å². The van der Waals surface area contributed by atoms with Crippen LogP contribution < -0.4 is 4.90 Å². The van der Waals surface area contributed by atoms with Gasteiger partial charge in [0, 0.05) is 18.8 Å². The highest BCUT2D eigenvalue weighted by atomic mass is 35.5. The van der Waals surface area contributed by atoms with Crippen LogP contribution in [0.15, 0.2) is 24.3 Å². The Labute approximate surface area is 142 Å². The van der Waals surface area contributed by atoms with Crippen molar-refractivity contribution in [3.05, 3.63) is 29.3 Å². The summed E-state index contributed by atoms with van der Waals surface area (Å²) in [7, 11) is 0. The van der Waals surface area contributed by atoms with E-state index in [9.17, 15) is 4.79 Å². The Kier molecular flexibility index (Phi) is 5.00. The molecule has 0 atom stereocenters. The van der Waals surface area contributed by atoms with Crippen LogP contribution in [-0.2, 0) is 4.79 Å². The van der Waals surface area contributed by atoms with Crippen molar-refractivity contribution in [2.24, 2.45) is 5.41 Å². The number of thioether (sulfide) groups is 1. The minimum absolute atomic E-state index is 0.144. The highest BCUT2D eigenvalue weighted by Gasteiger charge is 2.48. The number of halogens is 1. The number of para-hydroxylation sites is 1. The van der Waals surface area contributed by atoms with Crippen LogP contribution in [0.1, 0.15) is 19.3 Å². The Bertz CT molecular complexity index is 543. The van der Waals surface area contributed by atoms with E-state index < -0.39 is 0 Å². The van der Waals surface area contributed by atoms with Crippen molar-refractivity contribution in [2.75, 3.05) is 43.1 Å². The first-order valence-corrected chi connectivity index (χ1v) is 9.71. The molecule has 2 aliphatic rings. The lowest BCUT2D eigenvalue weighted by Gasteiger charge is -2.38. The molecule has 0 bridgehead atoms. The first-order valence-electron chi connectivity index (χ1n) is 7.94. The maximum atomic E-state index is 13.0. The maximum Gasteiger partial charge on any atom is 0.233 e. The van der Waals surface area contributed by atoms with Crippen molar-refractivity contribution in [1.29, 1.82) is 0 Å². The first-order chi connectivity index (χ1) is 10.7. The fourth-order valence-electron chi connectivity index (χ4n) is 3.61. The number of hydrogen-bond acceptors (Lipinski definition) is 3. The molecule has 0 unspecified atom stereocenters. The van der Waals surface area contributed by atoms with E-state index in [0.717, 1.165) is 51.1 Å². The molecule has 3 rings (SSSR count). The summed E-state index contributed by atoms with van der Waals surface area (Å²) < 4.78 is 0.